The summed E-state index contributed by atoms with van der Waals surface area (Å²) in [6.07, 6.45) is -0.594. The van der Waals surface area contributed by atoms with Crippen LogP contribution in [0.4, 0.5) is 11.4 Å². The van der Waals surface area contributed by atoms with Crippen LogP contribution in [0.1, 0.15) is 5.56 Å². The van der Waals surface area contributed by atoms with Crippen LogP contribution in [-0.2, 0) is 4.79 Å². The van der Waals surface area contributed by atoms with E-state index in [9.17, 15) is 9.90 Å². The smallest absolute Gasteiger partial charge is 0.238 e. The maximum absolute atomic E-state index is 11.8. The van der Waals surface area contributed by atoms with Gasteiger partial charge in [0, 0.05) is 17.9 Å². The van der Waals surface area contributed by atoms with Gasteiger partial charge in [0.05, 0.1) is 18.5 Å². The number of carbonyl (C=O) groups excluding carboxylic acids is 1. The van der Waals surface area contributed by atoms with Crippen LogP contribution in [0.25, 0.3) is 0 Å². The molecule has 0 saturated heterocycles. The molecule has 20 heavy (non-hydrogen) atoms. The van der Waals surface area contributed by atoms with E-state index in [0.29, 0.717) is 13.1 Å². The number of aliphatic hydroxyl groups excluding tert-OH is 1. The van der Waals surface area contributed by atoms with Crippen LogP contribution in [0.15, 0.2) is 18.2 Å². The Morgan fingerprint density at radius 3 is 2.65 bits per heavy atom. The lowest BCUT2D eigenvalue weighted by atomic mass is 10.1. The molecule has 0 bridgehead atoms. The molecule has 0 aliphatic heterocycles. The van der Waals surface area contributed by atoms with Gasteiger partial charge in [-0.3, -0.25) is 4.79 Å². The molecule has 3 N–H and O–H groups in total. The van der Waals surface area contributed by atoms with Gasteiger partial charge < -0.3 is 20.6 Å². The SMILES string of the molecule is Cc1c(NCC(O)CCl)cccc1NC(=O)CN(C)C. The van der Waals surface area contributed by atoms with E-state index >= 15 is 0 Å². The van der Waals surface area contributed by atoms with Gasteiger partial charge in [-0.05, 0) is 38.7 Å². The fourth-order valence-electron chi connectivity index (χ4n) is 1.72. The van der Waals surface area contributed by atoms with Crippen LogP contribution in [0.3, 0.4) is 0 Å². The maximum atomic E-state index is 11.8. The van der Waals surface area contributed by atoms with Crippen LogP contribution in [0.2, 0.25) is 0 Å². The molecule has 0 heterocycles. The van der Waals surface area contributed by atoms with Crippen molar-refractivity contribution in [3.63, 3.8) is 0 Å². The van der Waals surface area contributed by atoms with Gasteiger partial charge in [-0.1, -0.05) is 6.07 Å². The van der Waals surface area contributed by atoms with Crippen molar-refractivity contribution >= 4 is 28.9 Å². The lowest BCUT2D eigenvalue weighted by molar-refractivity contribution is -0.116. The van der Waals surface area contributed by atoms with Gasteiger partial charge in [0.2, 0.25) is 5.91 Å². The monoisotopic (exact) mass is 299 g/mol. The lowest BCUT2D eigenvalue weighted by Gasteiger charge is -2.16. The second-order valence-electron chi connectivity index (χ2n) is 4.95. The van der Waals surface area contributed by atoms with E-state index in [4.69, 9.17) is 11.6 Å². The number of rotatable bonds is 7. The molecule has 1 atom stereocenters. The summed E-state index contributed by atoms with van der Waals surface area (Å²) in [4.78, 5) is 13.6. The Bertz CT molecular complexity index is 452. The lowest BCUT2D eigenvalue weighted by Crippen LogP contribution is -2.27. The molecule has 0 aliphatic rings. The number of amides is 1. The second kappa shape index (κ2) is 8.09. The van der Waals surface area contributed by atoms with Crippen LogP contribution in [0.5, 0.6) is 0 Å². The molecule has 0 aromatic heterocycles. The molecule has 0 aliphatic carbocycles. The maximum Gasteiger partial charge on any atom is 0.238 e. The Morgan fingerprint density at radius 1 is 1.40 bits per heavy atom. The number of carbonyl (C=O) groups is 1. The van der Waals surface area contributed by atoms with E-state index < -0.39 is 6.10 Å². The summed E-state index contributed by atoms with van der Waals surface area (Å²) >= 11 is 5.55. The fourth-order valence-corrected chi connectivity index (χ4v) is 1.83. The van der Waals surface area contributed by atoms with Crippen molar-refractivity contribution in [2.45, 2.75) is 13.0 Å². The van der Waals surface area contributed by atoms with Gasteiger partial charge in [0.25, 0.3) is 0 Å². The number of hydrogen-bond donors (Lipinski definition) is 3. The molecule has 0 radical (unpaired) electrons. The first-order chi connectivity index (χ1) is 9.43. The first-order valence-corrected chi connectivity index (χ1v) is 6.99. The van der Waals surface area contributed by atoms with E-state index in [2.05, 4.69) is 10.6 Å². The largest absolute Gasteiger partial charge is 0.390 e. The Kier molecular flexibility index (Phi) is 6.78. The summed E-state index contributed by atoms with van der Waals surface area (Å²) in [5.41, 5.74) is 2.57. The van der Waals surface area contributed by atoms with Crippen molar-refractivity contribution < 1.29 is 9.90 Å². The van der Waals surface area contributed by atoms with Gasteiger partial charge in [-0.25, -0.2) is 0 Å². The zero-order valence-electron chi connectivity index (χ0n) is 12.1. The predicted octanol–water partition coefficient (Wildman–Crippen LogP) is 1.51. The number of alkyl halides is 1. The van der Waals surface area contributed by atoms with Gasteiger partial charge in [-0.15, -0.1) is 11.6 Å². The molecule has 1 aromatic carbocycles. The van der Waals surface area contributed by atoms with Crippen molar-refractivity contribution in [1.82, 2.24) is 4.90 Å². The van der Waals surface area contributed by atoms with Crippen LogP contribution >= 0.6 is 11.6 Å². The molecule has 6 heteroatoms. The highest BCUT2D eigenvalue weighted by atomic mass is 35.5. The molecule has 0 fully saturated rings. The second-order valence-corrected chi connectivity index (χ2v) is 5.26. The molecule has 0 spiro atoms. The Labute approximate surface area is 124 Å². The summed E-state index contributed by atoms with van der Waals surface area (Å²) < 4.78 is 0. The summed E-state index contributed by atoms with van der Waals surface area (Å²) in [6, 6.07) is 5.61. The van der Waals surface area contributed by atoms with Crippen LogP contribution in [0, 0.1) is 6.92 Å². The van der Waals surface area contributed by atoms with Crippen LogP contribution < -0.4 is 10.6 Å². The minimum Gasteiger partial charge on any atom is -0.390 e. The summed E-state index contributed by atoms with van der Waals surface area (Å²) in [5.74, 6) is 0.127. The van der Waals surface area contributed by atoms with E-state index in [1.54, 1.807) is 0 Å². The molecule has 1 amide bonds. The van der Waals surface area contributed by atoms with Crippen molar-refractivity contribution in [3.8, 4) is 0 Å². The van der Waals surface area contributed by atoms with E-state index in [-0.39, 0.29) is 11.8 Å². The fraction of sp³-hybridized carbons (Fsp3) is 0.500. The van der Waals surface area contributed by atoms with Gasteiger partial charge in [0.15, 0.2) is 0 Å². The van der Waals surface area contributed by atoms with Crippen molar-refractivity contribution in [2.24, 2.45) is 0 Å². The Hall–Kier alpha value is -1.30. The zero-order chi connectivity index (χ0) is 15.1. The number of halogens is 1. The molecular weight excluding hydrogens is 278 g/mol. The predicted molar refractivity (Wildman–Crippen MR) is 83.6 cm³/mol. The molecule has 0 saturated carbocycles. The zero-order valence-corrected chi connectivity index (χ0v) is 12.9. The number of benzene rings is 1. The highest BCUT2D eigenvalue weighted by Crippen LogP contribution is 2.23. The first kappa shape index (κ1) is 16.8. The number of likely N-dealkylation sites (N-methyl/N-ethyl adjacent to an activating group) is 1. The number of nitrogens with zero attached hydrogens (tertiary/aromatic N) is 1. The minimum absolute atomic E-state index is 0.0592. The third-order valence-corrected chi connectivity index (χ3v) is 3.13. The van der Waals surface area contributed by atoms with Gasteiger partial charge in [0.1, 0.15) is 0 Å². The standard InChI is InChI=1S/C14H22ClN3O2/c1-10-12(16-8-11(19)7-15)5-4-6-13(10)17-14(20)9-18(2)3/h4-6,11,16,19H,7-9H2,1-3H3,(H,17,20). The van der Waals surface area contributed by atoms with E-state index in [1.165, 1.54) is 0 Å². The average molecular weight is 300 g/mol. The highest BCUT2D eigenvalue weighted by molar-refractivity contribution is 6.18. The molecule has 1 rings (SSSR count). The quantitative estimate of drug-likeness (QED) is 0.668. The van der Waals surface area contributed by atoms with Crippen molar-refractivity contribution in [3.05, 3.63) is 23.8 Å². The average Bonchev–Trinajstić information content (AvgIpc) is 2.38. The summed E-state index contributed by atoms with van der Waals surface area (Å²) in [6.45, 7) is 2.63. The third-order valence-electron chi connectivity index (χ3n) is 2.77. The normalized spacial score (nSPS) is 12.3. The van der Waals surface area contributed by atoms with Gasteiger partial charge in [-0.2, -0.15) is 0 Å². The Balaban J connectivity index is 2.71. The van der Waals surface area contributed by atoms with E-state index in [0.717, 1.165) is 16.9 Å². The molecule has 1 aromatic rings. The van der Waals surface area contributed by atoms with Crippen molar-refractivity contribution in [1.29, 1.82) is 0 Å². The summed E-state index contributed by atoms with van der Waals surface area (Å²) in [7, 11) is 3.69. The number of aliphatic hydroxyl groups is 1. The number of nitrogens with one attached hydrogen (secondary N) is 2. The van der Waals surface area contributed by atoms with Gasteiger partial charge >= 0.3 is 0 Å². The number of hydrogen-bond acceptors (Lipinski definition) is 4. The third kappa shape index (κ3) is 5.36. The van der Waals surface area contributed by atoms with Crippen LogP contribution in [-0.4, -0.2) is 55.1 Å². The van der Waals surface area contributed by atoms with Crippen molar-refractivity contribution in [2.75, 3.05) is 43.7 Å². The Morgan fingerprint density at radius 2 is 2.05 bits per heavy atom. The minimum atomic E-state index is -0.594. The molecular formula is C14H22ClN3O2. The first-order valence-electron chi connectivity index (χ1n) is 6.46. The summed E-state index contributed by atoms with van der Waals surface area (Å²) in [5, 5.41) is 15.5. The highest BCUT2D eigenvalue weighted by Gasteiger charge is 2.09. The molecule has 5 nitrogen and oxygen atoms in total. The topological polar surface area (TPSA) is 64.6 Å². The molecule has 1 unspecified atom stereocenters. The number of anilines is 2. The van der Waals surface area contributed by atoms with E-state index in [1.807, 2.05) is 44.1 Å². The molecule has 112 valence electrons.